The molecule has 1 atom stereocenters. The number of tetrazole rings is 1. The Morgan fingerprint density at radius 2 is 1.71 bits per heavy atom. The van der Waals surface area contributed by atoms with Gasteiger partial charge >= 0.3 is 5.69 Å². The van der Waals surface area contributed by atoms with Gasteiger partial charge in [0.05, 0.1) is 6.54 Å². The van der Waals surface area contributed by atoms with Gasteiger partial charge < -0.3 is 5.32 Å². The number of aromatic nitrogens is 6. The van der Waals surface area contributed by atoms with Gasteiger partial charge in [-0.2, -0.15) is 5.21 Å². The van der Waals surface area contributed by atoms with Crippen LogP contribution in [0.2, 0.25) is 0 Å². The third kappa shape index (κ3) is 5.40. The number of nitrogens with one attached hydrogen (secondary N) is 2. The fourth-order valence-electron chi connectivity index (χ4n) is 4.25. The van der Waals surface area contributed by atoms with Gasteiger partial charge in [0, 0.05) is 24.2 Å². The summed E-state index contributed by atoms with van der Waals surface area (Å²) in [7, 11) is 0. The highest BCUT2D eigenvalue weighted by Crippen LogP contribution is 2.29. The molecule has 0 saturated carbocycles. The van der Waals surface area contributed by atoms with Crippen LogP contribution >= 0.6 is 0 Å². The Morgan fingerprint density at radius 3 is 2.37 bits per heavy atom. The molecule has 0 amide bonds. The SMILES string of the molecule is CCCC(C)Nc1cc(=O)n(CCC)c(=O)n1Cc1ccc(-c2ccccc2-c2nn[nH]n2)cc1. The van der Waals surface area contributed by atoms with Gasteiger partial charge in [-0.05, 0) is 41.7 Å². The van der Waals surface area contributed by atoms with Crippen LogP contribution in [-0.4, -0.2) is 35.8 Å². The molecular formula is C26H31N7O2. The molecule has 2 N–H and O–H groups in total. The minimum absolute atomic E-state index is 0.149. The maximum Gasteiger partial charge on any atom is 0.332 e. The summed E-state index contributed by atoms with van der Waals surface area (Å²) in [5.41, 5.74) is 3.27. The smallest absolute Gasteiger partial charge is 0.332 e. The molecular weight excluding hydrogens is 442 g/mol. The van der Waals surface area contributed by atoms with Crippen molar-refractivity contribution in [2.75, 3.05) is 5.32 Å². The summed E-state index contributed by atoms with van der Waals surface area (Å²) in [5.74, 6) is 1.09. The summed E-state index contributed by atoms with van der Waals surface area (Å²) in [6.07, 6.45) is 2.67. The van der Waals surface area contributed by atoms with E-state index in [4.69, 9.17) is 0 Å². The average molecular weight is 474 g/mol. The molecule has 35 heavy (non-hydrogen) atoms. The third-order valence-electron chi connectivity index (χ3n) is 5.96. The van der Waals surface area contributed by atoms with Crippen molar-refractivity contribution in [2.45, 2.75) is 59.2 Å². The number of benzene rings is 2. The van der Waals surface area contributed by atoms with Gasteiger partial charge in [-0.15, -0.1) is 10.2 Å². The zero-order chi connectivity index (χ0) is 24.8. The van der Waals surface area contributed by atoms with Crippen LogP contribution in [0, 0.1) is 0 Å². The lowest BCUT2D eigenvalue weighted by Gasteiger charge is -2.20. The van der Waals surface area contributed by atoms with Crippen molar-refractivity contribution < 1.29 is 0 Å². The molecule has 0 fully saturated rings. The molecule has 182 valence electrons. The number of hydrogen-bond donors (Lipinski definition) is 2. The minimum atomic E-state index is -0.294. The van der Waals surface area contributed by atoms with Gasteiger partial charge in [-0.1, -0.05) is 68.8 Å². The first-order chi connectivity index (χ1) is 17.0. The fourth-order valence-corrected chi connectivity index (χ4v) is 4.25. The molecule has 0 spiro atoms. The Labute approximate surface area is 203 Å². The van der Waals surface area contributed by atoms with E-state index in [1.807, 2.05) is 55.5 Å². The zero-order valence-electron chi connectivity index (χ0n) is 20.4. The summed E-state index contributed by atoms with van der Waals surface area (Å²) in [4.78, 5) is 25.9. The van der Waals surface area contributed by atoms with Gasteiger partial charge in [0.2, 0.25) is 5.82 Å². The number of H-pyrrole nitrogens is 1. The van der Waals surface area contributed by atoms with Crippen LogP contribution in [0.15, 0.2) is 64.2 Å². The fraction of sp³-hybridized carbons (Fsp3) is 0.346. The normalized spacial score (nSPS) is 12.0. The highest BCUT2D eigenvalue weighted by molar-refractivity contribution is 5.80. The quantitative estimate of drug-likeness (QED) is 0.361. The molecule has 4 aromatic rings. The van der Waals surface area contributed by atoms with E-state index in [0.717, 1.165) is 35.1 Å². The molecule has 1 unspecified atom stereocenters. The van der Waals surface area contributed by atoms with Crippen LogP contribution in [0.5, 0.6) is 0 Å². The predicted octanol–water partition coefficient (Wildman–Crippen LogP) is 3.92. The third-order valence-corrected chi connectivity index (χ3v) is 5.96. The predicted molar refractivity (Wildman–Crippen MR) is 137 cm³/mol. The molecule has 9 heteroatoms. The molecule has 0 aliphatic heterocycles. The van der Waals surface area contributed by atoms with Gasteiger partial charge in [-0.25, -0.2) is 4.79 Å². The van der Waals surface area contributed by atoms with Gasteiger partial charge in [0.15, 0.2) is 0 Å². The maximum absolute atomic E-state index is 13.3. The second-order valence-electron chi connectivity index (χ2n) is 8.70. The second-order valence-corrected chi connectivity index (χ2v) is 8.70. The first-order valence-electron chi connectivity index (χ1n) is 12.0. The summed E-state index contributed by atoms with van der Waals surface area (Å²) in [5, 5.41) is 17.8. The lowest BCUT2D eigenvalue weighted by molar-refractivity contribution is 0.564. The Balaban J connectivity index is 1.68. The van der Waals surface area contributed by atoms with E-state index in [-0.39, 0.29) is 17.3 Å². The van der Waals surface area contributed by atoms with Crippen LogP contribution in [0.3, 0.4) is 0 Å². The van der Waals surface area contributed by atoms with Crippen molar-refractivity contribution >= 4 is 5.82 Å². The molecule has 2 aromatic heterocycles. The van der Waals surface area contributed by atoms with Crippen molar-refractivity contribution in [1.82, 2.24) is 29.8 Å². The number of rotatable bonds is 10. The molecule has 2 aromatic carbocycles. The highest BCUT2D eigenvalue weighted by atomic mass is 16.2. The van der Waals surface area contributed by atoms with Crippen molar-refractivity contribution in [2.24, 2.45) is 0 Å². The van der Waals surface area contributed by atoms with E-state index >= 15 is 0 Å². The standard InChI is InChI=1S/C26H31N7O2/c1-4-8-18(3)27-23-16-24(34)32(15-5-2)26(35)33(23)17-19-11-13-20(14-12-19)21-9-6-7-10-22(21)25-28-30-31-29-25/h6-7,9-14,16,18,27H,4-5,8,15,17H2,1-3H3,(H,28,29,30,31). The topological polar surface area (TPSA) is 110 Å². The molecule has 0 aliphatic carbocycles. The lowest BCUT2D eigenvalue weighted by atomic mass is 9.98. The maximum atomic E-state index is 13.3. The van der Waals surface area contributed by atoms with Gasteiger partial charge in [-0.3, -0.25) is 13.9 Å². The molecule has 2 heterocycles. The van der Waals surface area contributed by atoms with E-state index in [2.05, 4.69) is 39.8 Å². The Kier molecular flexibility index (Phi) is 7.54. The highest BCUT2D eigenvalue weighted by Gasteiger charge is 2.14. The van der Waals surface area contributed by atoms with Crippen molar-refractivity contribution in [1.29, 1.82) is 0 Å². The largest absolute Gasteiger partial charge is 0.369 e. The average Bonchev–Trinajstić information content (AvgIpc) is 3.40. The van der Waals surface area contributed by atoms with Crippen LogP contribution in [0.4, 0.5) is 5.82 Å². The van der Waals surface area contributed by atoms with Crippen molar-refractivity contribution in [3.63, 3.8) is 0 Å². The summed E-state index contributed by atoms with van der Waals surface area (Å²) in [6.45, 7) is 6.89. The van der Waals surface area contributed by atoms with Crippen molar-refractivity contribution in [3.05, 3.63) is 81.0 Å². The summed E-state index contributed by atoms with van der Waals surface area (Å²) < 4.78 is 2.97. The Hall–Kier alpha value is -4.01. The van der Waals surface area contributed by atoms with Crippen LogP contribution < -0.4 is 16.6 Å². The molecule has 4 rings (SSSR count). The number of anilines is 1. The lowest BCUT2D eigenvalue weighted by Crippen LogP contribution is -2.41. The molecule has 0 bridgehead atoms. The summed E-state index contributed by atoms with van der Waals surface area (Å²) in [6, 6.07) is 17.6. The van der Waals surface area contributed by atoms with E-state index in [9.17, 15) is 9.59 Å². The minimum Gasteiger partial charge on any atom is -0.369 e. The Morgan fingerprint density at radius 1 is 0.971 bits per heavy atom. The molecule has 0 saturated heterocycles. The van der Waals surface area contributed by atoms with E-state index < -0.39 is 0 Å². The Bertz CT molecular complexity index is 1370. The van der Waals surface area contributed by atoms with Crippen LogP contribution in [-0.2, 0) is 13.1 Å². The van der Waals surface area contributed by atoms with Gasteiger partial charge in [0.25, 0.3) is 5.56 Å². The number of hydrogen-bond acceptors (Lipinski definition) is 6. The van der Waals surface area contributed by atoms with E-state index in [1.165, 1.54) is 4.57 Å². The second kappa shape index (κ2) is 10.9. The van der Waals surface area contributed by atoms with Crippen LogP contribution in [0.25, 0.3) is 22.5 Å². The van der Waals surface area contributed by atoms with Crippen molar-refractivity contribution in [3.8, 4) is 22.5 Å². The molecule has 9 nitrogen and oxygen atoms in total. The molecule has 0 aliphatic rings. The first-order valence-corrected chi connectivity index (χ1v) is 12.0. The molecule has 0 radical (unpaired) electrons. The van der Waals surface area contributed by atoms with E-state index in [1.54, 1.807) is 10.6 Å². The number of aromatic amines is 1. The first kappa shape index (κ1) is 24.1. The van der Waals surface area contributed by atoms with Crippen LogP contribution in [0.1, 0.15) is 45.6 Å². The summed E-state index contributed by atoms with van der Waals surface area (Å²) >= 11 is 0. The zero-order valence-corrected chi connectivity index (χ0v) is 20.4. The van der Waals surface area contributed by atoms with Gasteiger partial charge in [0.1, 0.15) is 5.82 Å². The monoisotopic (exact) mass is 473 g/mol. The van der Waals surface area contributed by atoms with E-state index in [0.29, 0.717) is 31.2 Å². The number of nitrogens with zero attached hydrogens (tertiary/aromatic N) is 5.